The van der Waals surface area contributed by atoms with Crippen molar-refractivity contribution < 1.29 is 9.53 Å². The molecule has 0 spiro atoms. The minimum Gasteiger partial charge on any atom is -0.497 e. The quantitative estimate of drug-likeness (QED) is 0.771. The van der Waals surface area contributed by atoms with Gasteiger partial charge in [-0.05, 0) is 44.0 Å². The Labute approximate surface area is 132 Å². The molecule has 0 radical (unpaired) electrons. The first kappa shape index (κ1) is 16.2. The van der Waals surface area contributed by atoms with Gasteiger partial charge in [-0.15, -0.1) is 11.8 Å². The first-order valence-electron chi connectivity index (χ1n) is 7.69. The fourth-order valence-corrected chi connectivity index (χ4v) is 3.81. The highest BCUT2D eigenvalue weighted by Gasteiger charge is 2.25. The van der Waals surface area contributed by atoms with Gasteiger partial charge in [0.05, 0.1) is 12.4 Å². The van der Waals surface area contributed by atoms with E-state index >= 15 is 0 Å². The molecule has 0 bridgehead atoms. The SMILES string of the molecule is COc1ccc(SC(C)C(=O)N(C)C2CCCCC2)cc1. The van der Waals surface area contributed by atoms with E-state index in [0.29, 0.717) is 6.04 Å². The zero-order valence-corrected chi connectivity index (χ0v) is 14.0. The molecule has 1 aliphatic rings. The summed E-state index contributed by atoms with van der Waals surface area (Å²) in [4.78, 5) is 15.6. The summed E-state index contributed by atoms with van der Waals surface area (Å²) in [5.41, 5.74) is 0. The number of benzene rings is 1. The van der Waals surface area contributed by atoms with Gasteiger partial charge in [0.1, 0.15) is 5.75 Å². The molecule has 116 valence electrons. The predicted molar refractivity (Wildman–Crippen MR) is 88.0 cm³/mol. The van der Waals surface area contributed by atoms with Crippen molar-refractivity contribution in [2.45, 2.75) is 55.2 Å². The van der Waals surface area contributed by atoms with Gasteiger partial charge in [-0.2, -0.15) is 0 Å². The predicted octanol–water partition coefficient (Wildman–Crippen LogP) is 3.97. The highest BCUT2D eigenvalue weighted by Crippen LogP contribution is 2.28. The summed E-state index contributed by atoms with van der Waals surface area (Å²) in [6.07, 6.45) is 6.13. The molecule has 1 aromatic carbocycles. The zero-order valence-electron chi connectivity index (χ0n) is 13.2. The lowest BCUT2D eigenvalue weighted by atomic mass is 9.94. The van der Waals surface area contributed by atoms with Crippen molar-refractivity contribution in [3.05, 3.63) is 24.3 Å². The monoisotopic (exact) mass is 307 g/mol. The van der Waals surface area contributed by atoms with Gasteiger partial charge in [0, 0.05) is 18.0 Å². The second-order valence-corrected chi connectivity index (χ2v) is 7.09. The first-order valence-corrected chi connectivity index (χ1v) is 8.57. The number of carbonyl (C=O) groups excluding carboxylic acids is 1. The number of nitrogens with zero attached hydrogens (tertiary/aromatic N) is 1. The van der Waals surface area contributed by atoms with Crippen molar-refractivity contribution in [3.63, 3.8) is 0 Å². The van der Waals surface area contributed by atoms with Crippen LogP contribution in [-0.4, -0.2) is 36.3 Å². The maximum atomic E-state index is 12.6. The maximum absolute atomic E-state index is 12.6. The molecule has 1 atom stereocenters. The Bertz CT molecular complexity index is 454. The van der Waals surface area contributed by atoms with Gasteiger partial charge >= 0.3 is 0 Å². The third-order valence-electron chi connectivity index (χ3n) is 4.19. The van der Waals surface area contributed by atoms with Gasteiger partial charge in [0.25, 0.3) is 0 Å². The van der Waals surface area contributed by atoms with Crippen LogP contribution in [0.5, 0.6) is 5.75 Å². The number of hydrogen-bond donors (Lipinski definition) is 0. The van der Waals surface area contributed by atoms with Crippen molar-refractivity contribution in [2.75, 3.05) is 14.2 Å². The van der Waals surface area contributed by atoms with Gasteiger partial charge in [0.2, 0.25) is 5.91 Å². The van der Waals surface area contributed by atoms with Crippen molar-refractivity contribution in [3.8, 4) is 5.75 Å². The van der Waals surface area contributed by atoms with Crippen LogP contribution in [0.25, 0.3) is 0 Å². The van der Waals surface area contributed by atoms with E-state index in [9.17, 15) is 4.79 Å². The number of rotatable bonds is 5. The average Bonchev–Trinajstić information content (AvgIpc) is 2.55. The summed E-state index contributed by atoms with van der Waals surface area (Å²) in [6.45, 7) is 2.00. The lowest BCUT2D eigenvalue weighted by Crippen LogP contribution is -2.42. The lowest BCUT2D eigenvalue weighted by molar-refractivity contribution is -0.131. The minimum atomic E-state index is -0.0506. The fraction of sp³-hybridized carbons (Fsp3) is 0.588. The van der Waals surface area contributed by atoms with Gasteiger partial charge in [-0.1, -0.05) is 19.3 Å². The van der Waals surface area contributed by atoms with Gasteiger partial charge in [-0.25, -0.2) is 0 Å². The summed E-state index contributed by atoms with van der Waals surface area (Å²) in [7, 11) is 3.62. The molecular weight excluding hydrogens is 282 g/mol. The van der Waals surface area contributed by atoms with E-state index in [0.717, 1.165) is 23.5 Å². The molecule has 21 heavy (non-hydrogen) atoms. The molecule has 0 heterocycles. The van der Waals surface area contributed by atoms with Crippen molar-refractivity contribution >= 4 is 17.7 Å². The van der Waals surface area contributed by atoms with Crippen LogP contribution in [0.2, 0.25) is 0 Å². The molecule has 4 heteroatoms. The Hall–Kier alpha value is -1.16. The second kappa shape index (κ2) is 7.74. The van der Waals surface area contributed by atoms with E-state index in [1.165, 1.54) is 19.3 Å². The molecule has 1 aromatic rings. The van der Waals surface area contributed by atoms with Crippen LogP contribution in [0.15, 0.2) is 29.2 Å². The normalized spacial score (nSPS) is 17.3. The minimum absolute atomic E-state index is 0.0506. The topological polar surface area (TPSA) is 29.5 Å². The fourth-order valence-electron chi connectivity index (χ4n) is 2.84. The first-order chi connectivity index (χ1) is 10.1. The molecule has 1 aliphatic carbocycles. The van der Waals surface area contributed by atoms with Crippen LogP contribution in [0.3, 0.4) is 0 Å². The third-order valence-corrected chi connectivity index (χ3v) is 5.29. The molecule has 1 amide bonds. The van der Waals surface area contributed by atoms with Gasteiger partial charge < -0.3 is 9.64 Å². The molecule has 3 nitrogen and oxygen atoms in total. The number of carbonyl (C=O) groups is 1. The smallest absolute Gasteiger partial charge is 0.235 e. The van der Waals surface area contributed by atoms with E-state index in [-0.39, 0.29) is 11.2 Å². The third kappa shape index (κ3) is 4.40. The van der Waals surface area contributed by atoms with E-state index < -0.39 is 0 Å². The summed E-state index contributed by atoms with van der Waals surface area (Å²) < 4.78 is 5.15. The Morgan fingerprint density at radius 1 is 1.24 bits per heavy atom. The summed E-state index contributed by atoms with van der Waals surface area (Å²) in [5.74, 6) is 1.08. The number of amides is 1. The van der Waals surface area contributed by atoms with Crippen molar-refractivity contribution in [2.24, 2.45) is 0 Å². The molecule has 0 aromatic heterocycles. The Balaban J connectivity index is 1.91. The summed E-state index contributed by atoms with van der Waals surface area (Å²) in [5, 5.41) is -0.0506. The highest BCUT2D eigenvalue weighted by atomic mass is 32.2. The Morgan fingerprint density at radius 2 is 1.86 bits per heavy atom. The Morgan fingerprint density at radius 3 is 2.43 bits per heavy atom. The largest absolute Gasteiger partial charge is 0.497 e. The van der Waals surface area contributed by atoms with Crippen LogP contribution in [-0.2, 0) is 4.79 Å². The number of hydrogen-bond acceptors (Lipinski definition) is 3. The molecule has 1 fully saturated rings. The van der Waals surface area contributed by atoms with Crippen LogP contribution in [0.1, 0.15) is 39.0 Å². The summed E-state index contributed by atoms with van der Waals surface area (Å²) >= 11 is 1.62. The molecule has 0 saturated heterocycles. The Kier molecular flexibility index (Phi) is 5.97. The molecule has 0 N–H and O–H groups in total. The lowest BCUT2D eigenvalue weighted by Gasteiger charge is -2.32. The van der Waals surface area contributed by atoms with Crippen LogP contribution < -0.4 is 4.74 Å². The van der Waals surface area contributed by atoms with E-state index in [4.69, 9.17) is 4.74 Å². The van der Waals surface area contributed by atoms with E-state index in [2.05, 4.69) is 0 Å². The van der Waals surface area contributed by atoms with Gasteiger partial charge in [-0.3, -0.25) is 4.79 Å². The van der Waals surface area contributed by atoms with Gasteiger partial charge in [0.15, 0.2) is 0 Å². The molecule has 0 aliphatic heterocycles. The number of ether oxygens (including phenoxy) is 1. The second-order valence-electron chi connectivity index (χ2n) is 5.68. The average molecular weight is 307 g/mol. The number of methoxy groups -OCH3 is 1. The van der Waals surface area contributed by atoms with Crippen LogP contribution in [0, 0.1) is 0 Å². The molecule has 1 saturated carbocycles. The molecular formula is C17H25NO2S. The zero-order chi connectivity index (χ0) is 15.2. The van der Waals surface area contributed by atoms with Crippen LogP contribution in [0.4, 0.5) is 0 Å². The molecule has 2 rings (SSSR count). The molecule has 1 unspecified atom stereocenters. The van der Waals surface area contributed by atoms with Crippen LogP contribution >= 0.6 is 11.8 Å². The van der Waals surface area contributed by atoms with E-state index in [1.807, 2.05) is 43.1 Å². The summed E-state index contributed by atoms with van der Waals surface area (Å²) in [6, 6.07) is 8.32. The number of thioether (sulfide) groups is 1. The maximum Gasteiger partial charge on any atom is 0.235 e. The highest BCUT2D eigenvalue weighted by molar-refractivity contribution is 8.00. The standard InChI is InChI=1S/C17H25NO2S/c1-13(21-16-11-9-15(20-3)10-12-16)17(19)18(2)14-7-5-4-6-8-14/h9-14H,4-8H2,1-3H3. The van der Waals surface area contributed by atoms with E-state index in [1.54, 1.807) is 18.9 Å². The van der Waals surface area contributed by atoms with Crippen molar-refractivity contribution in [1.82, 2.24) is 4.90 Å². The van der Waals surface area contributed by atoms with Crippen molar-refractivity contribution in [1.29, 1.82) is 0 Å².